The zero-order valence-corrected chi connectivity index (χ0v) is 13.8. The molecule has 4 heteroatoms. The molecule has 1 aromatic rings. The Kier molecular flexibility index (Phi) is 5.21. The molecular weight excluding hydrogens is 288 g/mol. The van der Waals surface area contributed by atoms with Crippen molar-refractivity contribution in [2.45, 2.75) is 63.0 Å². The summed E-state index contributed by atoms with van der Waals surface area (Å²) >= 11 is 0. The average molecular weight is 316 g/mol. The second kappa shape index (κ2) is 7.35. The molecule has 0 aromatic heterocycles. The Bertz CT molecular complexity index is 511. The Morgan fingerprint density at radius 3 is 2.43 bits per heavy atom. The smallest absolute Gasteiger partial charge is 0.317 e. The van der Waals surface area contributed by atoms with Crippen molar-refractivity contribution in [2.75, 3.05) is 13.1 Å². The molecule has 1 saturated carbocycles. The van der Waals surface area contributed by atoms with Crippen molar-refractivity contribution in [1.29, 1.82) is 0 Å². The monoisotopic (exact) mass is 316 g/mol. The first-order chi connectivity index (χ1) is 11.2. The van der Waals surface area contributed by atoms with Crippen molar-refractivity contribution in [3.63, 3.8) is 0 Å². The quantitative estimate of drug-likeness (QED) is 0.878. The number of amides is 2. The lowest BCUT2D eigenvalue weighted by molar-refractivity contribution is 0.0492. The van der Waals surface area contributed by atoms with Crippen molar-refractivity contribution in [1.82, 2.24) is 10.2 Å². The van der Waals surface area contributed by atoms with Gasteiger partial charge in [-0.25, -0.2) is 4.79 Å². The summed E-state index contributed by atoms with van der Waals surface area (Å²) in [6.45, 7) is 1.000. The third-order valence-corrected chi connectivity index (χ3v) is 5.28. The summed E-state index contributed by atoms with van der Waals surface area (Å²) in [5, 5.41) is 14.0. The van der Waals surface area contributed by atoms with Crippen molar-refractivity contribution in [3.8, 4) is 0 Å². The molecule has 2 amide bonds. The normalized spacial score (nSPS) is 26.6. The first-order valence-corrected chi connectivity index (χ1v) is 9.01. The Labute approximate surface area is 138 Å². The van der Waals surface area contributed by atoms with Crippen LogP contribution in [0.1, 0.15) is 56.9 Å². The highest BCUT2D eigenvalue weighted by Crippen LogP contribution is 2.31. The van der Waals surface area contributed by atoms with Crippen LogP contribution >= 0.6 is 0 Å². The molecule has 3 rings (SSSR count). The number of rotatable bonds is 2. The fourth-order valence-electron chi connectivity index (χ4n) is 3.82. The second-order valence-electron chi connectivity index (χ2n) is 7.06. The van der Waals surface area contributed by atoms with Crippen LogP contribution in [0.5, 0.6) is 0 Å². The molecule has 1 aliphatic carbocycles. The van der Waals surface area contributed by atoms with Crippen molar-refractivity contribution >= 4 is 6.03 Å². The van der Waals surface area contributed by atoms with Gasteiger partial charge >= 0.3 is 6.03 Å². The van der Waals surface area contributed by atoms with Gasteiger partial charge in [0.15, 0.2) is 0 Å². The maximum absolute atomic E-state index is 12.5. The van der Waals surface area contributed by atoms with Crippen molar-refractivity contribution < 1.29 is 9.90 Å². The van der Waals surface area contributed by atoms with E-state index in [4.69, 9.17) is 0 Å². The zero-order valence-electron chi connectivity index (χ0n) is 13.8. The number of β-amino-alcohol motifs (C(OH)–C–C–N with tert-alkyl or cyclic N) is 1. The number of hydrogen-bond donors (Lipinski definition) is 2. The third kappa shape index (κ3) is 4.05. The van der Waals surface area contributed by atoms with Crippen LogP contribution in [0.25, 0.3) is 0 Å². The molecular formula is C19H28N2O2. The Morgan fingerprint density at radius 1 is 1.09 bits per heavy atom. The molecule has 1 heterocycles. The van der Waals surface area contributed by atoms with Crippen molar-refractivity contribution in [3.05, 3.63) is 35.9 Å². The molecule has 1 aromatic carbocycles. The van der Waals surface area contributed by atoms with E-state index in [0.29, 0.717) is 25.6 Å². The van der Waals surface area contributed by atoms with E-state index < -0.39 is 5.60 Å². The van der Waals surface area contributed by atoms with Gasteiger partial charge in [-0.1, -0.05) is 62.4 Å². The first-order valence-electron chi connectivity index (χ1n) is 9.01. The predicted octanol–water partition coefficient (Wildman–Crippen LogP) is 3.40. The molecule has 4 nitrogen and oxygen atoms in total. The van der Waals surface area contributed by atoms with Gasteiger partial charge in [-0.3, -0.25) is 0 Å². The Morgan fingerprint density at radius 2 is 1.74 bits per heavy atom. The molecule has 0 radical (unpaired) electrons. The zero-order chi connectivity index (χ0) is 16.1. The molecule has 2 aliphatic rings. The molecule has 23 heavy (non-hydrogen) atoms. The molecule has 1 saturated heterocycles. The largest absolute Gasteiger partial charge is 0.383 e. The standard InChI is InChI=1S/C19H28N2O2/c22-18(20-17-11-7-2-1-3-8-12-17)21-14-13-19(23,15-21)16-9-5-4-6-10-16/h4-6,9-10,17,23H,1-3,7-8,11-15H2,(H,20,22)/t19-/m0/s1. The number of carbonyl (C=O) groups excluding carboxylic acids is 1. The number of aliphatic hydroxyl groups is 1. The molecule has 0 bridgehead atoms. The highest BCUT2D eigenvalue weighted by atomic mass is 16.3. The van der Waals surface area contributed by atoms with Crippen LogP contribution in [0, 0.1) is 0 Å². The SMILES string of the molecule is O=C(NC1CCCCCCC1)N1CC[C@@](O)(c2ccccc2)C1. The number of likely N-dealkylation sites (tertiary alicyclic amines) is 1. The van der Waals surface area contributed by atoms with Gasteiger partial charge in [-0.05, 0) is 24.8 Å². The van der Waals surface area contributed by atoms with Crippen LogP contribution < -0.4 is 5.32 Å². The van der Waals surface area contributed by atoms with E-state index in [1.165, 1.54) is 32.1 Å². The summed E-state index contributed by atoms with van der Waals surface area (Å²) in [7, 11) is 0. The Hall–Kier alpha value is -1.55. The molecule has 126 valence electrons. The molecule has 1 atom stereocenters. The van der Waals surface area contributed by atoms with Gasteiger partial charge in [0.05, 0.1) is 6.54 Å². The first kappa shape index (κ1) is 16.3. The molecule has 2 N–H and O–H groups in total. The summed E-state index contributed by atoms with van der Waals surface area (Å²) < 4.78 is 0. The van der Waals surface area contributed by atoms with Gasteiger partial charge in [0.2, 0.25) is 0 Å². The highest BCUT2D eigenvalue weighted by Gasteiger charge is 2.39. The van der Waals surface area contributed by atoms with Crippen LogP contribution in [0.3, 0.4) is 0 Å². The number of carbonyl (C=O) groups is 1. The average Bonchev–Trinajstić information content (AvgIpc) is 2.95. The van der Waals surface area contributed by atoms with E-state index in [-0.39, 0.29) is 6.03 Å². The van der Waals surface area contributed by atoms with E-state index in [9.17, 15) is 9.90 Å². The summed E-state index contributed by atoms with van der Waals surface area (Å²) in [4.78, 5) is 14.3. The van der Waals surface area contributed by atoms with Gasteiger partial charge in [0.1, 0.15) is 5.60 Å². The van der Waals surface area contributed by atoms with Crippen LogP contribution in [0.15, 0.2) is 30.3 Å². The van der Waals surface area contributed by atoms with Gasteiger partial charge in [0, 0.05) is 12.6 Å². The molecule has 2 fully saturated rings. The van der Waals surface area contributed by atoms with Crippen LogP contribution in [0.2, 0.25) is 0 Å². The molecule has 0 spiro atoms. The predicted molar refractivity (Wildman–Crippen MR) is 91.2 cm³/mol. The highest BCUT2D eigenvalue weighted by molar-refractivity contribution is 5.75. The minimum Gasteiger partial charge on any atom is -0.383 e. The lowest BCUT2D eigenvalue weighted by atomic mass is 9.93. The van der Waals surface area contributed by atoms with E-state index in [0.717, 1.165) is 18.4 Å². The van der Waals surface area contributed by atoms with E-state index >= 15 is 0 Å². The summed E-state index contributed by atoms with van der Waals surface area (Å²) in [5.41, 5.74) is 0.000699. The maximum Gasteiger partial charge on any atom is 0.317 e. The van der Waals surface area contributed by atoms with Gasteiger partial charge in [-0.2, -0.15) is 0 Å². The fraction of sp³-hybridized carbons (Fsp3) is 0.632. The lowest BCUT2D eigenvalue weighted by Crippen LogP contribution is -2.45. The summed E-state index contributed by atoms with van der Waals surface area (Å²) in [6.07, 6.45) is 9.09. The fourth-order valence-corrected chi connectivity index (χ4v) is 3.82. The van der Waals surface area contributed by atoms with Gasteiger partial charge < -0.3 is 15.3 Å². The Balaban J connectivity index is 1.56. The topological polar surface area (TPSA) is 52.6 Å². The lowest BCUT2D eigenvalue weighted by Gasteiger charge is -2.26. The minimum atomic E-state index is -0.903. The number of nitrogens with one attached hydrogen (secondary N) is 1. The number of hydrogen-bond acceptors (Lipinski definition) is 2. The number of urea groups is 1. The van der Waals surface area contributed by atoms with E-state index in [1.54, 1.807) is 4.90 Å². The third-order valence-electron chi connectivity index (χ3n) is 5.28. The summed E-state index contributed by atoms with van der Waals surface area (Å²) in [5.74, 6) is 0. The van der Waals surface area contributed by atoms with Crippen LogP contribution in [-0.2, 0) is 5.60 Å². The van der Waals surface area contributed by atoms with Crippen LogP contribution in [-0.4, -0.2) is 35.2 Å². The minimum absolute atomic E-state index is 0.0116. The van der Waals surface area contributed by atoms with Crippen LogP contribution in [0.4, 0.5) is 4.79 Å². The van der Waals surface area contributed by atoms with Gasteiger partial charge in [0.25, 0.3) is 0 Å². The second-order valence-corrected chi connectivity index (χ2v) is 7.06. The number of benzene rings is 1. The van der Waals surface area contributed by atoms with Gasteiger partial charge in [-0.15, -0.1) is 0 Å². The number of nitrogens with zero attached hydrogens (tertiary/aromatic N) is 1. The van der Waals surface area contributed by atoms with Crippen molar-refractivity contribution in [2.24, 2.45) is 0 Å². The molecule has 0 unspecified atom stereocenters. The molecule has 1 aliphatic heterocycles. The maximum atomic E-state index is 12.5. The summed E-state index contributed by atoms with van der Waals surface area (Å²) in [6, 6.07) is 9.98. The van der Waals surface area contributed by atoms with E-state index in [1.807, 2.05) is 30.3 Å². The van der Waals surface area contributed by atoms with E-state index in [2.05, 4.69) is 5.32 Å².